The summed E-state index contributed by atoms with van der Waals surface area (Å²) in [5, 5.41) is 10.2. The molecule has 0 radical (unpaired) electrons. The van der Waals surface area contributed by atoms with Crippen molar-refractivity contribution in [1.82, 2.24) is 15.1 Å². The van der Waals surface area contributed by atoms with Crippen molar-refractivity contribution in [1.29, 1.82) is 5.41 Å². The summed E-state index contributed by atoms with van der Waals surface area (Å²) in [5.41, 5.74) is 1.29. The van der Waals surface area contributed by atoms with Gasteiger partial charge in [0.25, 0.3) is 0 Å². The van der Waals surface area contributed by atoms with Crippen molar-refractivity contribution in [3.8, 4) is 0 Å². The van der Waals surface area contributed by atoms with Crippen LogP contribution in [0.1, 0.15) is 24.8 Å². The van der Waals surface area contributed by atoms with Crippen LogP contribution in [0.4, 0.5) is 15.3 Å². The third-order valence-electron chi connectivity index (χ3n) is 5.78. The molecule has 2 heterocycles. The molecule has 168 valence electrons. The van der Waals surface area contributed by atoms with E-state index in [4.69, 9.17) is 10.1 Å². The van der Waals surface area contributed by atoms with E-state index in [-0.39, 0.29) is 23.9 Å². The first-order valence-corrected chi connectivity index (χ1v) is 10.3. The Bertz CT molecular complexity index is 820. The number of amides is 3. The molecule has 2 saturated heterocycles. The monoisotopic (exact) mass is 431 g/mol. The van der Waals surface area contributed by atoms with E-state index >= 15 is 0 Å². The Labute approximate surface area is 181 Å². The lowest BCUT2D eigenvalue weighted by Crippen LogP contribution is -2.47. The van der Waals surface area contributed by atoms with E-state index in [0.29, 0.717) is 31.6 Å². The first-order chi connectivity index (χ1) is 14.9. The highest BCUT2D eigenvalue weighted by Gasteiger charge is 2.36. The van der Waals surface area contributed by atoms with E-state index in [1.165, 1.54) is 14.2 Å². The number of hydrogen-bond donors (Lipinski definition) is 2. The summed E-state index contributed by atoms with van der Waals surface area (Å²) < 4.78 is 9.19. The lowest BCUT2D eigenvalue weighted by molar-refractivity contribution is -0.141. The van der Waals surface area contributed by atoms with Crippen molar-refractivity contribution in [2.24, 2.45) is 0 Å². The Morgan fingerprint density at radius 3 is 2.35 bits per heavy atom. The van der Waals surface area contributed by atoms with Gasteiger partial charge in [-0.3, -0.25) is 20.4 Å². The largest absolute Gasteiger partial charge is 0.469 e. The first-order valence-electron chi connectivity index (χ1n) is 10.3. The topological polar surface area (TPSA) is 115 Å². The van der Waals surface area contributed by atoms with Crippen LogP contribution in [0.2, 0.25) is 0 Å². The number of rotatable bonds is 6. The average molecular weight is 431 g/mol. The fourth-order valence-corrected chi connectivity index (χ4v) is 3.97. The predicted molar refractivity (Wildman–Crippen MR) is 114 cm³/mol. The molecule has 0 aliphatic carbocycles. The maximum absolute atomic E-state index is 13.0. The van der Waals surface area contributed by atoms with E-state index in [1.54, 1.807) is 29.2 Å². The van der Waals surface area contributed by atoms with Gasteiger partial charge in [-0.1, -0.05) is 0 Å². The predicted octanol–water partition coefficient (Wildman–Crippen LogP) is 1.64. The van der Waals surface area contributed by atoms with Gasteiger partial charge >= 0.3 is 18.1 Å². The number of carbonyl (C=O) groups excluding carboxylic acids is 3. The van der Waals surface area contributed by atoms with Crippen LogP contribution in [0, 0.1) is 5.41 Å². The summed E-state index contributed by atoms with van der Waals surface area (Å²) in [5.74, 6) is -0.263. The zero-order valence-corrected chi connectivity index (χ0v) is 17.9. The van der Waals surface area contributed by atoms with Crippen LogP contribution in [-0.2, 0) is 14.3 Å². The van der Waals surface area contributed by atoms with Crippen molar-refractivity contribution < 1.29 is 23.9 Å². The number of amidine groups is 1. The zero-order valence-electron chi connectivity index (χ0n) is 17.9. The SMILES string of the molecule is COC(=O)CCN1CCC(N2CCN(c3ccc(C(=N)NC(=O)OC)cc3)C2=O)CC1. The minimum absolute atomic E-state index is 0.0106. The Balaban J connectivity index is 1.52. The van der Waals surface area contributed by atoms with Crippen LogP contribution in [0.15, 0.2) is 24.3 Å². The van der Waals surface area contributed by atoms with Crippen LogP contribution in [0.5, 0.6) is 0 Å². The number of hydrogen-bond acceptors (Lipinski definition) is 7. The van der Waals surface area contributed by atoms with Crippen LogP contribution in [0.25, 0.3) is 0 Å². The van der Waals surface area contributed by atoms with Gasteiger partial charge < -0.3 is 19.3 Å². The summed E-state index contributed by atoms with van der Waals surface area (Å²) in [6, 6.07) is 7.14. The molecule has 2 aliphatic heterocycles. The number of methoxy groups -OCH3 is 2. The van der Waals surface area contributed by atoms with E-state index in [1.807, 2.05) is 4.90 Å². The number of carbonyl (C=O) groups is 3. The lowest BCUT2D eigenvalue weighted by Gasteiger charge is -2.36. The number of nitrogens with zero attached hydrogens (tertiary/aromatic N) is 3. The molecule has 1 aromatic rings. The van der Waals surface area contributed by atoms with Gasteiger partial charge in [-0.25, -0.2) is 9.59 Å². The number of nitrogens with one attached hydrogen (secondary N) is 2. The quantitative estimate of drug-likeness (QED) is 0.402. The minimum Gasteiger partial charge on any atom is -0.469 e. The number of benzene rings is 1. The molecule has 0 atom stereocenters. The fraction of sp³-hybridized carbons (Fsp3) is 0.524. The summed E-state index contributed by atoms with van der Waals surface area (Å²) in [7, 11) is 2.64. The highest BCUT2D eigenvalue weighted by molar-refractivity contribution is 6.05. The van der Waals surface area contributed by atoms with Crippen LogP contribution < -0.4 is 10.2 Å². The second-order valence-electron chi connectivity index (χ2n) is 7.57. The van der Waals surface area contributed by atoms with Crippen LogP contribution in [0.3, 0.4) is 0 Å². The minimum atomic E-state index is -0.698. The number of anilines is 1. The third-order valence-corrected chi connectivity index (χ3v) is 5.78. The molecule has 0 unspecified atom stereocenters. The van der Waals surface area contributed by atoms with Crippen molar-refractivity contribution in [2.45, 2.75) is 25.3 Å². The number of esters is 1. The van der Waals surface area contributed by atoms with Gasteiger partial charge in [0, 0.05) is 50.0 Å². The standard InChI is InChI=1S/C21H29N5O5/c1-30-18(27)9-12-24-10-7-17(8-11-24)26-14-13-25(21(26)29)16-5-3-15(4-6-16)19(22)23-20(28)31-2/h3-6,17H,7-14H2,1-2H3,(H2,22,23,28). The highest BCUT2D eigenvalue weighted by Crippen LogP contribution is 2.26. The van der Waals surface area contributed by atoms with Gasteiger partial charge in [-0.15, -0.1) is 0 Å². The summed E-state index contributed by atoms with van der Waals surface area (Å²) in [6.07, 6.45) is 1.46. The molecule has 3 rings (SSSR count). The molecular formula is C21H29N5O5. The van der Waals surface area contributed by atoms with E-state index in [0.717, 1.165) is 31.6 Å². The molecule has 0 aromatic heterocycles. The molecular weight excluding hydrogens is 402 g/mol. The molecule has 0 bridgehead atoms. The van der Waals surface area contributed by atoms with E-state index in [2.05, 4.69) is 15.0 Å². The van der Waals surface area contributed by atoms with Crippen molar-refractivity contribution in [2.75, 3.05) is 51.8 Å². The number of piperidine rings is 1. The van der Waals surface area contributed by atoms with Gasteiger partial charge in [-0.05, 0) is 37.1 Å². The van der Waals surface area contributed by atoms with Gasteiger partial charge in [0.2, 0.25) is 0 Å². The zero-order chi connectivity index (χ0) is 22.4. The Hall–Kier alpha value is -3.14. The van der Waals surface area contributed by atoms with Gasteiger partial charge in [0.05, 0.1) is 20.6 Å². The number of urea groups is 1. The molecule has 10 heteroatoms. The van der Waals surface area contributed by atoms with Crippen molar-refractivity contribution >= 4 is 29.6 Å². The fourth-order valence-electron chi connectivity index (χ4n) is 3.97. The van der Waals surface area contributed by atoms with Crippen molar-refractivity contribution in [3.05, 3.63) is 29.8 Å². The average Bonchev–Trinajstić information content (AvgIpc) is 3.18. The maximum Gasteiger partial charge on any atom is 0.412 e. The number of likely N-dealkylation sites (tertiary alicyclic amines) is 1. The van der Waals surface area contributed by atoms with Crippen LogP contribution in [-0.4, -0.2) is 86.7 Å². The molecule has 2 aliphatic rings. The summed E-state index contributed by atoms with van der Waals surface area (Å²) in [6.45, 7) is 3.68. The van der Waals surface area contributed by atoms with Gasteiger partial charge in [0.15, 0.2) is 0 Å². The Kier molecular flexibility index (Phi) is 7.45. The Morgan fingerprint density at radius 1 is 1.06 bits per heavy atom. The molecule has 2 fully saturated rings. The molecule has 0 saturated carbocycles. The molecule has 31 heavy (non-hydrogen) atoms. The highest BCUT2D eigenvalue weighted by atomic mass is 16.5. The second kappa shape index (κ2) is 10.3. The van der Waals surface area contributed by atoms with Crippen molar-refractivity contribution in [3.63, 3.8) is 0 Å². The second-order valence-corrected chi connectivity index (χ2v) is 7.57. The lowest BCUT2D eigenvalue weighted by atomic mass is 10.0. The number of ether oxygens (including phenoxy) is 2. The van der Waals surface area contributed by atoms with Gasteiger partial charge in [-0.2, -0.15) is 0 Å². The normalized spacial score (nSPS) is 17.5. The molecule has 10 nitrogen and oxygen atoms in total. The molecule has 1 aromatic carbocycles. The summed E-state index contributed by atoms with van der Waals surface area (Å²) in [4.78, 5) is 41.5. The Morgan fingerprint density at radius 2 is 1.74 bits per heavy atom. The molecule has 2 N–H and O–H groups in total. The van der Waals surface area contributed by atoms with Gasteiger partial charge in [0.1, 0.15) is 5.84 Å². The first kappa shape index (κ1) is 22.5. The number of alkyl carbamates (subject to hydrolysis) is 1. The van der Waals surface area contributed by atoms with E-state index in [9.17, 15) is 14.4 Å². The van der Waals surface area contributed by atoms with E-state index < -0.39 is 6.09 Å². The third kappa shape index (κ3) is 5.52. The molecule has 0 spiro atoms. The smallest absolute Gasteiger partial charge is 0.412 e. The maximum atomic E-state index is 13.0. The van der Waals surface area contributed by atoms with Crippen LogP contribution >= 0.6 is 0 Å². The molecule has 3 amide bonds. The summed E-state index contributed by atoms with van der Waals surface area (Å²) >= 11 is 0.